The van der Waals surface area contributed by atoms with E-state index in [1.54, 1.807) is 19.2 Å². The van der Waals surface area contributed by atoms with Crippen molar-refractivity contribution in [2.24, 2.45) is 5.84 Å². The quantitative estimate of drug-likeness (QED) is 0.218. The van der Waals surface area contributed by atoms with Crippen LogP contribution in [-0.2, 0) is 14.8 Å². The van der Waals surface area contributed by atoms with Crippen molar-refractivity contribution < 1.29 is 21.9 Å². The number of nitrogens with zero attached hydrogens (tertiary/aromatic N) is 4. The standard InChI is InChI=1S/C23H33F2N7O3S/c1-3-12-36(33,34)29-21-5-4-19(24)23(22(21)25)32(27)16-20(26)17-13-18(15-28-14-17)30(2)6-7-31-8-10-35-11-9-31/h4-5,13-15,26,29H,3,6-12,16,27H2,1-2H3. The molecule has 1 aromatic carbocycles. The highest BCUT2D eigenvalue weighted by molar-refractivity contribution is 7.92. The van der Waals surface area contributed by atoms with Gasteiger partial charge in [-0.15, -0.1) is 0 Å². The van der Waals surface area contributed by atoms with Gasteiger partial charge in [-0.2, -0.15) is 0 Å². The highest BCUT2D eigenvalue weighted by Crippen LogP contribution is 2.29. The zero-order chi connectivity index (χ0) is 26.3. The van der Waals surface area contributed by atoms with Crippen LogP contribution in [0, 0.1) is 17.0 Å². The van der Waals surface area contributed by atoms with Crippen LogP contribution in [0.4, 0.5) is 25.8 Å². The van der Waals surface area contributed by atoms with Crippen molar-refractivity contribution in [3.05, 3.63) is 47.8 Å². The Labute approximate surface area is 210 Å². The molecule has 1 aromatic heterocycles. The summed E-state index contributed by atoms with van der Waals surface area (Å²) >= 11 is 0. The molecule has 0 atom stereocenters. The number of anilines is 3. The van der Waals surface area contributed by atoms with Gasteiger partial charge in [-0.25, -0.2) is 23.0 Å². The van der Waals surface area contributed by atoms with Crippen molar-refractivity contribution in [1.29, 1.82) is 5.41 Å². The van der Waals surface area contributed by atoms with Crippen molar-refractivity contribution in [1.82, 2.24) is 9.88 Å². The molecule has 10 nitrogen and oxygen atoms in total. The van der Waals surface area contributed by atoms with E-state index in [4.69, 9.17) is 16.0 Å². The van der Waals surface area contributed by atoms with E-state index in [-0.39, 0.29) is 18.0 Å². The molecule has 0 spiro atoms. The van der Waals surface area contributed by atoms with Gasteiger partial charge in [0.15, 0.2) is 11.6 Å². The molecule has 1 saturated heterocycles. The van der Waals surface area contributed by atoms with E-state index in [1.807, 2.05) is 11.9 Å². The second-order valence-electron chi connectivity index (χ2n) is 8.59. The number of morpholine rings is 1. The van der Waals surface area contributed by atoms with Crippen molar-refractivity contribution in [2.45, 2.75) is 13.3 Å². The minimum atomic E-state index is -3.79. The maximum Gasteiger partial charge on any atom is 0.232 e. The van der Waals surface area contributed by atoms with E-state index in [9.17, 15) is 12.8 Å². The third kappa shape index (κ3) is 7.32. The van der Waals surface area contributed by atoms with E-state index in [2.05, 4.69) is 14.6 Å². The second kappa shape index (κ2) is 12.4. The Hall–Kier alpha value is -2.87. The lowest BCUT2D eigenvalue weighted by Gasteiger charge is -2.29. The number of hydrogen-bond acceptors (Lipinski definition) is 9. The van der Waals surface area contributed by atoms with Crippen molar-refractivity contribution in [3.63, 3.8) is 0 Å². The highest BCUT2D eigenvalue weighted by Gasteiger charge is 2.22. The van der Waals surface area contributed by atoms with Gasteiger partial charge in [-0.1, -0.05) is 6.92 Å². The topological polar surface area (TPSA) is 128 Å². The molecule has 0 radical (unpaired) electrons. The SMILES string of the molecule is CCCS(=O)(=O)Nc1ccc(F)c(N(N)CC(=N)c2cncc(N(C)CCN3CCOCC3)c2)c1F. The third-order valence-corrected chi connectivity index (χ3v) is 7.27. The Morgan fingerprint density at radius 2 is 2.00 bits per heavy atom. The normalized spacial score (nSPS) is 14.5. The van der Waals surface area contributed by atoms with Gasteiger partial charge in [0.25, 0.3) is 0 Å². The van der Waals surface area contributed by atoms with Gasteiger partial charge in [-0.05, 0) is 24.6 Å². The summed E-state index contributed by atoms with van der Waals surface area (Å²) in [5.74, 6) is 3.61. The summed E-state index contributed by atoms with van der Waals surface area (Å²) in [5.41, 5.74) is 0.181. The fraction of sp³-hybridized carbons (Fsp3) is 0.478. The molecule has 1 fully saturated rings. The Balaban J connectivity index is 1.69. The lowest BCUT2D eigenvalue weighted by atomic mass is 10.1. The predicted molar refractivity (Wildman–Crippen MR) is 137 cm³/mol. The summed E-state index contributed by atoms with van der Waals surface area (Å²) in [4.78, 5) is 8.54. The number of sulfonamides is 1. The second-order valence-corrected chi connectivity index (χ2v) is 10.4. The molecule has 0 saturated carbocycles. The number of likely N-dealkylation sites (N-methyl/N-ethyl adjacent to an activating group) is 1. The molecule has 0 amide bonds. The van der Waals surface area contributed by atoms with E-state index in [1.165, 1.54) is 6.20 Å². The molecule has 3 rings (SSSR count). The first-order valence-corrected chi connectivity index (χ1v) is 13.3. The van der Waals surface area contributed by atoms with Gasteiger partial charge in [0.1, 0.15) is 5.69 Å². The summed E-state index contributed by atoms with van der Waals surface area (Å²) in [6.07, 6.45) is 3.50. The van der Waals surface area contributed by atoms with Gasteiger partial charge in [0.05, 0.1) is 48.8 Å². The Morgan fingerprint density at radius 1 is 1.28 bits per heavy atom. The van der Waals surface area contributed by atoms with Gasteiger partial charge in [-0.3, -0.25) is 19.6 Å². The first-order valence-electron chi connectivity index (χ1n) is 11.7. The zero-order valence-electron chi connectivity index (χ0n) is 20.5. The molecule has 0 unspecified atom stereocenters. The molecule has 13 heteroatoms. The molecular weight excluding hydrogens is 492 g/mol. The molecule has 0 bridgehead atoms. The number of ether oxygens (including phenoxy) is 1. The number of hydrogen-bond donors (Lipinski definition) is 3. The van der Waals surface area contributed by atoms with Gasteiger partial charge < -0.3 is 15.0 Å². The minimum Gasteiger partial charge on any atom is -0.379 e. The van der Waals surface area contributed by atoms with E-state index in [0.29, 0.717) is 12.0 Å². The Bertz CT molecular complexity index is 1160. The molecule has 2 aromatic rings. The fourth-order valence-corrected chi connectivity index (χ4v) is 4.89. The lowest BCUT2D eigenvalue weighted by molar-refractivity contribution is 0.0393. The first kappa shape index (κ1) is 27.7. The molecule has 1 aliphatic rings. The summed E-state index contributed by atoms with van der Waals surface area (Å²) in [6, 6.07) is 3.70. The Kier molecular flexibility index (Phi) is 9.54. The van der Waals surface area contributed by atoms with E-state index >= 15 is 4.39 Å². The smallest absolute Gasteiger partial charge is 0.232 e. The van der Waals surface area contributed by atoms with Crippen LogP contribution in [0.25, 0.3) is 0 Å². The summed E-state index contributed by atoms with van der Waals surface area (Å²) in [5, 5.41) is 9.19. The van der Waals surface area contributed by atoms with Crippen molar-refractivity contribution in [2.75, 3.05) is 73.4 Å². The predicted octanol–water partition coefficient (Wildman–Crippen LogP) is 2.03. The molecular formula is C23H33F2N7O3S. The molecule has 198 valence electrons. The fourth-order valence-electron chi connectivity index (χ4n) is 3.76. The summed E-state index contributed by atoms with van der Waals surface area (Å²) in [6.45, 7) is 6.17. The van der Waals surface area contributed by atoms with Gasteiger partial charge in [0, 0.05) is 45.0 Å². The first-order chi connectivity index (χ1) is 17.1. The van der Waals surface area contributed by atoms with Crippen LogP contribution in [0.5, 0.6) is 0 Å². The van der Waals surface area contributed by atoms with Gasteiger partial charge in [0.2, 0.25) is 10.0 Å². The van der Waals surface area contributed by atoms with Crippen molar-refractivity contribution >= 4 is 32.8 Å². The van der Waals surface area contributed by atoms with Crippen molar-refractivity contribution in [3.8, 4) is 0 Å². The molecule has 2 heterocycles. The summed E-state index contributed by atoms with van der Waals surface area (Å²) in [7, 11) is -1.86. The van der Waals surface area contributed by atoms with Gasteiger partial charge >= 0.3 is 0 Å². The number of pyridine rings is 1. The maximum absolute atomic E-state index is 15.0. The van der Waals surface area contributed by atoms with Crippen LogP contribution in [0.3, 0.4) is 0 Å². The van der Waals surface area contributed by atoms with Crippen LogP contribution in [0.2, 0.25) is 0 Å². The van der Waals surface area contributed by atoms with E-state index < -0.39 is 33.0 Å². The molecule has 0 aliphatic carbocycles. The largest absolute Gasteiger partial charge is 0.379 e. The Morgan fingerprint density at radius 3 is 2.69 bits per heavy atom. The number of hydrazine groups is 1. The van der Waals surface area contributed by atoms with Crippen LogP contribution < -0.4 is 20.5 Å². The number of aromatic nitrogens is 1. The number of halogens is 2. The monoisotopic (exact) mass is 525 g/mol. The highest BCUT2D eigenvalue weighted by atomic mass is 32.2. The minimum absolute atomic E-state index is 0.0100. The van der Waals surface area contributed by atoms with Crippen LogP contribution in [0.15, 0.2) is 30.6 Å². The number of nitrogens with two attached hydrogens (primary N) is 1. The van der Waals surface area contributed by atoms with E-state index in [0.717, 1.165) is 62.2 Å². The third-order valence-electron chi connectivity index (χ3n) is 5.79. The lowest BCUT2D eigenvalue weighted by Crippen LogP contribution is -2.40. The van der Waals surface area contributed by atoms with Crippen LogP contribution in [-0.4, -0.2) is 82.8 Å². The van der Waals surface area contributed by atoms with Crippen LogP contribution >= 0.6 is 0 Å². The average Bonchev–Trinajstić information content (AvgIpc) is 2.85. The average molecular weight is 526 g/mol. The maximum atomic E-state index is 15.0. The van der Waals surface area contributed by atoms with Crippen LogP contribution in [0.1, 0.15) is 18.9 Å². The molecule has 36 heavy (non-hydrogen) atoms. The number of benzene rings is 1. The molecule has 1 aliphatic heterocycles. The molecule has 4 N–H and O–H groups in total. The number of rotatable bonds is 12. The zero-order valence-corrected chi connectivity index (χ0v) is 21.3. The number of nitrogens with one attached hydrogen (secondary N) is 2. The summed E-state index contributed by atoms with van der Waals surface area (Å²) < 4.78 is 61.1.